The Bertz CT molecular complexity index is 108. The van der Waals surface area contributed by atoms with Gasteiger partial charge in [0, 0.05) is 0 Å². The lowest BCUT2D eigenvalue weighted by Crippen LogP contribution is -2.03. The van der Waals surface area contributed by atoms with Crippen molar-refractivity contribution in [3.8, 4) is 0 Å². The van der Waals surface area contributed by atoms with Crippen LogP contribution in [0.5, 0.6) is 0 Å². The van der Waals surface area contributed by atoms with Gasteiger partial charge in [-0.3, -0.25) is 4.79 Å². The second-order valence-corrected chi connectivity index (χ2v) is 2.07. The molecule has 10 heavy (non-hydrogen) atoms. The van der Waals surface area contributed by atoms with E-state index in [1.165, 1.54) is 0 Å². The van der Waals surface area contributed by atoms with Crippen LogP contribution in [0.3, 0.4) is 0 Å². The van der Waals surface area contributed by atoms with Crippen molar-refractivity contribution >= 4 is 5.97 Å². The summed E-state index contributed by atoms with van der Waals surface area (Å²) in [4.78, 5) is 10.6. The van der Waals surface area contributed by atoms with E-state index in [9.17, 15) is 4.79 Å². The average Bonchev–Trinajstić information content (AvgIpc) is 1.89. The maximum absolute atomic E-state index is 10.6. The molecule has 0 atom stereocenters. The zero-order valence-corrected chi connectivity index (χ0v) is 6.43. The monoisotopic (exact) mass is 142 g/mol. The van der Waals surface area contributed by atoms with Gasteiger partial charge in [0.25, 0.3) is 0 Å². The number of esters is 1. The molecule has 0 aromatic rings. The van der Waals surface area contributed by atoms with Gasteiger partial charge in [0.2, 0.25) is 0 Å². The number of ether oxygens (including phenoxy) is 1. The molecule has 58 valence electrons. The fourth-order valence-corrected chi connectivity index (χ4v) is 0.507. The van der Waals surface area contributed by atoms with Gasteiger partial charge in [-0.05, 0) is 6.42 Å². The van der Waals surface area contributed by atoms with Crippen LogP contribution in [0.25, 0.3) is 0 Å². The lowest BCUT2D eigenvalue weighted by atomic mass is 10.3. The first kappa shape index (κ1) is 9.21. The molecule has 0 saturated heterocycles. The van der Waals surface area contributed by atoms with E-state index in [1.54, 1.807) is 6.08 Å². The number of carbonyl (C=O) groups excluding carboxylic acids is 1. The summed E-state index contributed by atoms with van der Waals surface area (Å²) in [5.74, 6) is -0.177. The van der Waals surface area contributed by atoms with E-state index in [-0.39, 0.29) is 5.97 Å². The molecule has 0 aliphatic rings. The summed E-state index contributed by atoms with van der Waals surface area (Å²) in [6.45, 7) is 6.03. The Labute approximate surface area is 61.9 Å². The average molecular weight is 142 g/mol. The Morgan fingerprint density at radius 2 is 2.40 bits per heavy atom. The van der Waals surface area contributed by atoms with Gasteiger partial charge in [0.1, 0.15) is 0 Å². The van der Waals surface area contributed by atoms with Crippen LogP contribution in [0, 0.1) is 0 Å². The van der Waals surface area contributed by atoms with E-state index < -0.39 is 0 Å². The zero-order valence-electron chi connectivity index (χ0n) is 6.43. The van der Waals surface area contributed by atoms with Crippen LogP contribution < -0.4 is 0 Å². The molecule has 0 N–H and O–H groups in total. The number of hydrogen-bond acceptors (Lipinski definition) is 2. The largest absolute Gasteiger partial charge is 0.465 e. The van der Waals surface area contributed by atoms with Crippen LogP contribution in [0.2, 0.25) is 0 Å². The van der Waals surface area contributed by atoms with E-state index in [0.29, 0.717) is 13.0 Å². The molecule has 0 amide bonds. The molecule has 2 nitrogen and oxygen atoms in total. The smallest absolute Gasteiger partial charge is 0.309 e. The molecule has 0 spiro atoms. The van der Waals surface area contributed by atoms with Gasteiger partial charge in [-0.2, -0.15) is 0 Å². The molecule has 0 fully saturated rings. The Hall–Kier alpha value is -0.790. The third kappa shape index (κ3) is 5.35. The number of hydrogen-bond donors (Lipinski definition) is 0. The highest BCUT2D eigenvalue weighted by Gasteiger charge is 1.96. The van der Waals surface area contributed by atoms with Crippen molar-refractivity contribution in [3.05, 3.63) is 12.7 Å². The summed E-state index contributed by atoms with van der Waals surface area (Å²) >= 11 is 0. The molecule has 0 unspecified atom stereocenters. The number of carbonyl (C=O) groups is 1. The minimum atomic E-state index is -0.177. The first-order valence-corrected chi connectivity index (χ1v) is 3.57. The van der Waals surface area contributed by atoms with Crippen LogP contribution >= 0.6 is 0 Å². The summed E-state index contributed by atoms with van der Waals surface area (Å²) in [5, 5.41) is 0. The molecule has 0 bridgehead atoms. The van der Waals surface area contributed by atoms with E-state index in [4.69, 9.17) is 4.74 Å². The molecule has 0 aromatic carbocycles. The highest BCUT2D eigenvalue weighted by atomic mass is 16.5. The van der Waals surface area contributed by atoms with Gasteiger partial charge in [-0.25, -0.2) is 0 Å². The lowest BCUT2D eigenvalue weighted by Gasteiger charge is -1.99. The summed E-state index contributed by atoms with van der Waals surface area (Å²) in [6, 6.07) is 0. The van der Waals surface area contributed by atoms with Crippen LogP contribution in [0.1, 0.15) is 26.2 Å². The number of unbranched alkanes of at least 4 members (excludes halogenated alkanes) is 1. The zero-order chi connectivity index (χ0) is 7.82. The molecular weight excluding hydrogens is 128 g/mol. The SMILES string of the molecule is C=CCC(=O)OCCCC. The maximum atomic E-state index is 10.6. The molecule has 0 aliphatic heterocycles. The van der Waals surface area contributed by atoms with Crippen molar-refractivity contribution < 1.29 is 9.53 Å². The Morgan fingerprint density at radius 3 is 2.90 bits per heavy atom. The van der Waals surface area contributed by atoms with Crippen molar-refractivity contribution in [3.63, 3.8) is 0 Å². The van der Waals surface area contributed by atoms with Gasteiger partial charge in [-0.1, -0.05) is 19.4 Å². The normalized spacial score (nSPS) is 8.90. The second-order valence-electron chi connectivity index (χ2n) is 2.07. The molecule has 0 radical (unpaired) electrons. The molecular formula is C8H14O2. The van der Waals surface area contributed by atoms with E-state index >= 15 is 0 Å². The summed E-state index contributed by atoms with van der Waals surface area (Å²) in [7, 11) is 0. The Morgan fingerprint density at radius 1 is 1.70 bits per heavy atom. The van der Waals surface area contributed by atoms with Crippen molar-refractivity contribution in [1.29, 1.82) is 0 Å². The predicted molar refractivity (Wildman–Crippen MR) is 40.7 cm³/mol. The standard InChI is InChI=1S/C8H14O2/c1-3-5-7-10-8(9)6-4-2/h4H,2-3,5-7H2,1H3. The lowest BCUT2D eigenvalue weighted by molar-refractivity contribution is -0.142. The van der Waals surface area contributed by atoms with Crippen molar-refractivity contribution in [2.75, 3.05) is 6.61 Å². The minimum Gasteiger partial charge on any atom is -0.465 e. The summed E-state index contributed by atoms with van der Waals surface area (Å²) < 4.78 is 4.81. The summed E-state index contributed by atoms with van der Waals surface area (Å²) in [5.41, 5.74) is 0. The maximum Gasteiger partial charge on any atom is 0.309 e. The van der Waals surface area contributed by atoms with E-state index in [1.807, 2.05) is 0 Å². The van der Waals surface area contributed by atoms with Gasteiger partial charge in [0.05, 0.1) is 13.0 Å². The predicted octanol–water partition coefficient (Wildman–Crippen LogP) is 1.91. The fourth-order valence-electron chi connectivity index (χ4n) is 0.507. The van der Waals surface area contributed by atoms with Gasteiger partial charge in [0.15, 0.2) is 0 Å². The molecule has 0 aromatic heterocycles. The van der Waals surface area contributed by atoms with Crippen LogP contribution in [0.4, 0.5) is 0 Å². The summed E-state index contributed by atoms with van der Waals surface area (Å²) in [6.07, 6.45) is 3.88. The molecule has 2 heteroatoms. The van der Waals surface area contributed by atoms with E-state index in [2.05, 4.69) is 13.5 Å². The Balaban J connectivity index is 3.13. The molecule has 0 aliphatic carbocycles. The second kappa shape index (κ2) is 6.33. The van der Waals surface area contributed by atoms with Gasteiger partial charge >= 0.3 is 5.97 Å². The number of rotatable bonds is 5. The Kier molecular flexibility index (Phi) is 5.83. The van der Waals surface area contributed by atoms with Crippen LogP contribution in [-0.2, 0) is 9.53 Å². The molecule has 0 rings (SSSR count). The molecule has 0 heterocycles. The van der Waals surface area contributed by atoms with E-state index in [0.717, 1.165) is 12.8 Å². The minimum absolute atomic E-state index is 0.177. The van der Waals surface area contributed by atoms with Crippen LogP contribution in [0.15, 0.2) is 12.7 Å². The third-order valence-electron chi connectivity index (χ3n) is 1.07. The highest BCUT2D eigenvalue weighted by molar-refractivity contribution is 5.70. The van der Waals surface area contributed by atoms with Gasteiger partial charge < -0.3 is 4.74 Å². The van der Waals surface area contributed by atoms with Crippen molar-refractivity contribution in [2.45, 2.75) is 26.2 Å². The molecule has 0 saturated carbocycles. The van der Waals surface area contributed by atoms with Crippen molar-refractivity contribution in [2.24, 2.45) is 0 Å². The first-order valence-electron chi connectivity index (χ1n) is 3.57. The topological polar surface area (TPSA) is 26.3 Å². The van der Waals surface area contributed by atoms with Crippen molar-refractivity contribution in [1.82, 2.24) is 0 Å². The highest BCUT2D eigenvalue weighted by Crippen LogP contribution is 1.91. The quantitative estimate of drug-likeness (QED) is 0.333. The fraction of sp³-hybridized carbons (Fsp3) is 0.625. The van der Waals surface area contributed by atoms with Gasteiger partial charge in [-0.15, -0.1) is 6.58 Å². The third-order valence-corrected chi connectivity index (χ3v) is 1.07. The van der Waals surface area contributed by atoms with Crippen LogP contribution in [-0.4, -0.2) is 12.6 Å². The first-order chi connectivity index (χ1) is 4.81.